The Labute approximate surface area is 182 Å². The van der Waals surface area contributed by atoms with Crippen LogP contribution < -0.4 is 5.73 Å². The van der Waals surface area contributed by atoms with Gasteiger partial charge >= 0.3 is 0 Å². The number of fused-ring (bicyclic) bond motifs is 1. The summed E-state index contributed by atoms with van der Waals surface area (Å²) in [4.78, 5) is 15.8. The lowest BCUT2D eigenvalue weighted by molar-refractivity contribution is 0.253. The van der Waals surface area contributed by atoms with Crippen molar-refractivity contribution < 1.29 is 0 Å². The van der Waals surface area contributed by atoms with E-state index in [1.54, 1.807) is 6.20 Å². The molecule has 0 bridgehead atoms. The topological polar surface area (TPSA) is 66.9 Å². The summed E-state index contributed by atoms with van der Waals surface area (Å²) >= 11 is 0. The maximum Gasteiger partial charge on any atom is 0.149 e. The monoisotopic (exact) mass is 407 g/mol. The molecule has 5 rings (SSSR count). The molecule has 0 atom stereocenters. The van der Waals surface area contributed by atoms with Gasteiger partial charge in [-0.3, -0.25) is 4.99 Å². The molecule has 1 aliphatic carbocycles. The summed E-state index contributed by atoms with van der Waals surface area (Å²) < 4.78 is 0. The third kappa shape index (κ3) is 3.75. The first kappa shape index (κ1) is 19.2. The SMILES string of the molecule is C=N/C(=C1/C(N)=NC=CN1CC1CCC1)c1ccc2ccc(-c3ccccc3)nc2c1. The molecule has 2 N–H and O–H groups in total. The Morgan fingerprint density at radius 3 is 2.65 bits per heavy atom. The van der Waals surface area contributed by atoms with Crippen LogP contribution in [0.2, 0.25) is 0 Å². The van der Waals surface area contributed by atoms with Crippen molar-refractivity contribution in [1.29, 1.82) is 0 Å². The number of hydrogen-bond acceptors (Lipinski definition) is 5. The summed E-state index contributed by atoms with van der Waals surface area (Å²) in [6, 6.07) is 20.5. The quantitative estimate of drug-likeness (QED) is 0.590. The van der Waals surface area contributed by atoms with Gasteiger partial charge in [0.2, 0.25) is 0 Å². The normalized spacial score (nSPS) is 17.9. The molecule has 0 saturated heterocycles. The van der Waals surface area contributed by atoms with Gasteiger partial charge in [-0.2, -0.15) is 0 Å². The third-order valence-corrected chi connectivity index (χ3v) is 6.09. The van der Waals surface area contributed by atoms with Crippen LogP contribution in [0.15, 0.2) is 88.7 Å². The molecule has 1 fully saturated rings. The highest BCUT2D eigenvalue weighted by Gasteiger charge is 2.26. The van der Waals surface area contributed by atoms with Gasteiger partial charge in [-0.15, -0.1) is 0 Å². The van der Waals surface area contributed by atoms with Crippen LogP contribution in [-0.4, -0.2) is 29.0 Å². The van der Waals surface area contributed by atoms with Crippen molar-refractivity contribution in [3.8, 4) is 11.3 Å². The average molecular weight is 408 g/mol. The van der Waals surface area contributed by atoms with E-state index in [9.17, 15) is 0 Å². The first-order valence-corrected chi connectivity index (χ1v) is 10.7. The van der Waals surface area contributed by atoms with Gasteiger partial charge in [0.25, 0.3) is 0 Å². The molecule has 0 amide bonds. The lowest BCUT2D eigenvalue weighted by Crippen LogP contribution is -2.36. The molecule has 5 nitrogen and oxygen atoms in total. The molecule has 2 aliphatic rings. The molecular weight excluding hydrogens is 382 g/mol. The number of aliphatic imine (C=N–C) groups is 2. The smallest absolute Gasteiger partial charge is 0.149 e. The summed E-state index contributed by atoms with van der Waals surface area (Å²) in [5, 5.41) is 1.08. The van der Waals surface area contributed by atoms with Gasteiger partial charge in [-0.1, -0.05) is 55.0 Å². The Kier molecular flexibility index (Phi) is 5.08. The molecule has 5 heteroatoms. The Morgan fingerprint density at radius 2 is 1.90 bits per heavy atom. The fraction of sp³-hybridized carbons (Fsp3) is 0.192. The summed E-state index contributed by atoms with van der Waals surface area (Å²) in [5.74, 6) is 1.15. The van der Waals surface area contributed by atoms with Crippen molar-refractivity contribution in [2.24, 2.45) is 21.6 Å². The van der Waals surface area contributed by atoms with Crippen molar-refractivity contribution in [2.45, 2.75) is 19.3 Å². The van der Waals surface area contributed by atoms with Crippen LogP contribution in [-0.2, 0) is 0 Å². The second kappa shape index (κ2) is 8.19. The lowest BCUT2D eigenvalue weighted by Gasteiger charge is -2.34. The van der Waals surface area contributed by atoms with Crippen LogP contribution in [0.1, 0.15) is 24.8 Å². The molecule has 1 saturated carbocycles. The Hall–Kier alpha value is -3.73. The van der Waals surface area contributed by atoms with Crippen LogP contribution in [0.4, 0.5) is 0 Å². The number of pyridine rings is 1. The molecular formula is C26H25N5. The highest BCUT2D eigenvalue weighted by atomic mass is 15.2. The molecule has 2 heterocycles. The van der Waals surface area contributed by atoms with E-state index in [0.717, 1.165) is 45.7 Å². The van der Waals surface area contributed by atoms with Crippen molar-refractivity contribution in [3.63, 3.8) is 0 Å². The van der Waals surface area contributed by atoms with Gasteiger partial charge in [0.05, 0.1) is 16.9 Å². The fourth-order valence-corrected chi connectivity index (χ4v) is 4.18. The van der Waals surface area contributed by atoms with E-state index in [2.05, 4.69) is 64.1 Å². The van der Waals surface area contributed by atoms with E-state index in [1.165, 1.54) is 19.3 Å². The Balaban J connectivity index is 1.58. The highest BCUT2D eigenvalue weighted by Crippen LogP contribution is 2.32. The van der Waals surface area contributed by atoms with Gasteiger partial charge in [0.15, 0.2) is 0 Å². The van der Waals surface area contributed by atoms with Crippen molar-refractivity contribution in [2.75, 3.05) is 6.54 Å². The van der Waals surface area contributed by atoms with Crippen LogP contribution >= 0.6 is 0 Å². The van der Waals surface area contributed by atoms with E-state index in [-0.39, 0.29) is 0 Å². The molecule has 1 aromatic heterocycles. The zero-order valence-electron chi connectivity index (χ0n) is 17.4. The molecule has 3 aromatic rings. The number of benzene rings is 2. The maximum atomic E-state index is 6.33. The minimum Gasteiger partial charge on any atom is -0.382 e. The number of rotatable bonds is 5. The molecule has 2 aromatic carbocycles. The van der Waals surface area contributed by atoms with Crippen molar-refractivity contribution >= 4 is 29.2 Å². The van der Waals surface area contributed by atoms with Crippen LogP contribution in [0, 0.1) is 5.92 Å². The van der Waals surface area contributed by atoms with E-state index >= 15 is 0 Å². The molecule has 0 radical (unpaired) electrons. The van der Waals surface area contributed by atoms with E-state index in [0.29, 0.717) is 11.8 Å². The summed E-state index contributed by atoms with van der Waals surface area (Å²) in [6.07, 6.45) is 7.56. The van der Waals surface area contributed by atoms with Gasteiger partial charge in [0.1, 0.15) is 11.5 Å². The number of nitrogens with zero attached hydrogens (tertiary/aromatic N) is 4. The predicted molar refractivity (Wildman–Crippen MR) is 128 cm³/mol. The number of aromatic nitrogens is 1. The van der Waals surface area contributed by atoms with Crippen LogP contribution in [0.25, 0.3) is 27.9 Å². The second-order valence-corrected chi connectivity index (χ2v) is 8.09. The summed E-state index contributed by atoms with van der Waals surface area (Å²) in [6.45, 7) is 4.77. The third-order valence-electron chi connectivity index (χ3n) is 6.09. The number of nitrogens with two attached hydrogens (primary N) is 1. The van der Waals surface area contributed by atoms with Gasteiger partial charge < -0.3 is 10.6 Å². The maximum absolute atomic E-state index is 6.33. The molecule has 0 spiro atoms. The number of amidine groups is 1. The van der Waals surface area contributed by atoms with Crippen molar-refractivity contribution in [3.05, 3.63) is 84.3 Å². The first-order valence-electron chi connectivity index (χ1n) is 10.7. The summed E-state index contributed by atoms with van der Waals surface area (Å²) in [7, 11) is 0. The highest BCUT2D eigenvalue weighted by molar-refractivity contribution is 6.05. The molecule has 0 unspecified atom stereocenters. The van der Waals surface area contributed by atoms with E-state index in [4.69, 9.17) is 10.7 Å². The second-order valence-electron chi connectivity index (χ2n) is 8.09. The van der Waals surface area contributed by atoms with Crippen LogP contribution in [0.5, 0.6) is 0 Å². The molecule has 154 valence electrons. The number of hydrogen-bond donors (Lipinski definition) is 1. The predicted octanol–water partition coefficient (Wildman–Crippen LogP) is 5.22. The van der Waals surface area contributed by atoms with Crippen molar-refractivity contribution in [1.82, 2.24) is 9.88 Å². The van der Waals surface area contributed by atoms with Gasteiger partial charge in [-0.05, 0) is 37.6 Å². The Morgan fingerprint density at radius 1 is 1.10 bits per heavy atom. The average Bonchev–Trinajstić information content (AvgIpc) is 2.78. The van der Waals surface area contributed by atoms with Gasteiger partial charge in [-0.25, -0.2) is 9.98 Å². The molecule has 31 heavy (non-hydrogen) atoms. The summed E-state index contributed by atoms with van der Waals surface area (Å²) in [5.41, 5.74) is 11.8. The van der Waals surface area contributed by atoms with E-state index < -0.39 is 0 Å². The fourth-order valence-electron chi connectivity index (χ4n) is 4.18. The largest absolute Gasteiger partial charge is 0.382 e. The first-order chi connectivity index (χ1) is 15.2. The van der Waals surface area contributed by atoms with E-state index in [1.807, 2.05) is 24.4 Å². The van der Waals surface area contributed by atoms with Gasteiger partial charge in [0, 0.05) is 35.5 Å². The zero-order chi connectivity index (χ0) is 21.2. The zero-order valence-corrected chi connectivity index (χ0v) is 17.4. The standard InChI is InChI=1S/C26H25N5/c1-28-24(25-26(27)29-14-15-31(25)17-18-6-5-7-18)21-11-10-20-12-13-22(30-23(20)16-21)19-8-3-2-4-9-19/h2-4,8-16,18H,1,5-7,17H2,(H2,27,29)/b25-24-. The Bertz CT molecular complexity index is 1220. The minimum absolute atomic E-state index is 0.468. The van der Waals surface area contributed by atoms with Crippen LogP contribution in [0.3, 0.4) is 0 Å². The lowest BCUT2D eigenvalue weighted by atomic mass is 9.85. The minimum atomic E-state index is 0.468. The molecule has 1 aliphatic heterocycles.